The van der Waals surface area contributed by atoms with Crippen molar-refractivity contribution in [2.24, 2.45) is 11.3 Å². The minimum absolute atomic E-state index is 0.0609. The van der Waals surface area contributed by atoms with Gasteiger partial charge in [0.15, 0.2) is 0 Å². The van der Waals surface area contributed by atoms with Crippen LogP contribution in [0.15, 0.2) is 0 Å². The molecule has 0 heterocycles. The molecule has 0 saturated carbocycles. The number of carboxylic acids is 1. The molecule has 0 fully saturated rings. The van der Waals surface area contributed by atoms with Crippen LogP contribution in [0.3, 0.4) is 0 Å². The highest BCUT2D eigenvalue weighted by atomic mass is 16.5. The van der Waals surface area contributed by atoms with Crippen LogP contribution in [0.4, 0.5) is 0 Å². The molecule has 0 saturated heterocycles. The largest absolute Gasteiger partial charge is 0.481 e. The van der Waals surface area contributed by atoms with E-state index in [9.17, 15) is 14.4 Å². The lowest BCUT2D eigenvalue weighted by Crippen LogP contribution is -2.30. The summed E-state index contributed by atoms with van der Waals surface area (Å²) in [6, 6.07) is 0. The fourth-order valence-corrected chi connectivity index (χ4v) is 2.26. The van der Waals surface area contributed by atoms with E-state index in [1.165, 1.54) is 0 Å². The third-order valence-corrected chi connectivity index (χ3v) is 3.98. The van der Waals surface area contributed by atoms with Crippen LogP contribution >= 0.6 is 0 Å². The predicted octanol–water partition coefficient (Wildman–Crippen LogP) is 3.96. The zero-order valence-corrected chi connectivity index (χ0v) is 16.1. The van der Waals surface area contributed by atoms with Gasteiger partial charge in [-0.2, -0.15) is 0 Å². The molecule has 0 aliphatic carbocycles. The molecule has 146 valence electrons. The van der Waals surface area contributed by atoms with Crippen molar-refractivity contribution in [1.29, 1.82) is 0 Å². The van der Waals surface area contributed by atoms with Crippen LogP contribution in [0.5, 0.6) is 0 Å². The van der Waals surface area contributed by atoms with Gasteiger partial charge in [-0.05, 0) is 25.7 Å². The Kier molecular flexibility index (Phi) is 11.9. The lowest BCUT2D eigenvalue weighted by atomic mass is 9.95. The first-order valence-corrected chi connectivity index (χ1v) is 9.26. The Balaban J connectivity index is 4.08. The highest BCUT2D eigenvalue weighted by Gasteiger charge is 2.25. The van der Waals surface area contributed by atoms with Crippen molar-refractivity contribution in [3.8, 4) is 0 Å². The number of aliphatic carboxylic acids is 1. The number of esters is 2. The summed E-state index contributed by atoms with van der Waals surface area (Å²) in [5.74, 6) is -1.45. The van der Waals surface area contributed by atoms with Crippen molar-refractivity contribution >= 4 is 17.9 Å². The fraction of sp³-hybridized carbons (Fsp3) is 0.842. The van der Waals surface area contributed by atoms with E-state index in [2.05, 4.69) is 6.92 Å². The number of unbranched alkanes of at least 4 members (excludes halogenated alkanes) is 2. The van der Waals surface area contributed by atoms with Crippen molar-refractivity contribution < 1.29 is 29.0 Å². The molecule has 0 rings (SSSR count). The van der Waals surface area contributed by atoms with Gasteiger partial charge in [-0.3, -0.25) is 14.4 Å². The minimum Gasteiger partial charge on any atom is -0.481 e. The molecular weight excluding hydrogens is 324 g/mol. The molecule has 1 N–H and O–H groups in total. The molecule has 0 radical (unpaired) electrons. The summed E-state index contributed by atoms with van der Waals surface area (Å²) in [7, 11) is 0. The molecule has 6 nitrogen and oxygen atoms in total. The van der Waals surface area contributed by atoms with Crippen molar-refractivity contribution in [2.45, 2.75) is 79.1 Å². The zero-order chi connectivity index (χ0) is 19.3. The van der Waals surface area contributed by atoms with E-state index in [-0.39, 0.29) is 43.9 Å². The maximum absolute atomic E-state index is 12.1. The Bertz CT molecular complexity index is 416. The lowest BCUT2D eigenvalue weighted by molar-refractivity contribution is -0.156. The minimum atomic E-state index is -0.861. The SMILES string of the molecule is CCCCC(CC)C(=O)OCC(C)(C)COC(=O)CCCCC(=O)O. The second-order valence-electron chi connectivity index (χ2n) is 7.28. The van der Waals surface area contributed by atoms with Crippen LogP contribution in [0.1, 0.15) is 79.1 Å². The Hall–Kier alpha value is -1.59. The van der Waals surface area contributed by atoms with Gasteiger partial charge in [0.1, 0.15) is 0 Å². The molecule has 1 atom stereocenters. The van der Waals surface area contributed by atoms with Crippen molar-refractivity contribution in [3.63, 3.8) is 0 Å². The number of hydrogen-bond donors (Lipinski definition) is 1. The van der Waals surface area contributed by atoms with Crippen LogP contribution in [0.2, 0.25) is 0 Å². The molecule has 0 aliphatic heterocycles. The van der Waals surface area contributed by atoms with Crippen LogP contribution < -0.4 is 0 Å². The van der Waals surface area contributed by atoms with Gasteiger partial charge in [0.25, 0.3) is 0 Å². The van der Waals surface area contributed by atoms with Gasteiger partial charge in [0.2, 0.25) is 0 Å². The van der Waals surface area contributed by atoms with Crippen molar-refractivity contribution in [2.75, 3.05) is 13.2 Å². The normalized spacial score (nSPS) is 12.5. The zero-order valence-electron chi connectivity index (χ0n) is 16.1. The van der Waals surface area contributed by atoms with E-state index in [0.717, 1.165) is 25.7 Å². The molecule has 0 aromatic heterocycles. The Morgan fingerprint density at radius 2 is 1.56 bits per heavy atom. The first-order chi connectivity index (χ1) is 11.7. The van der Waals surface area contributed by atoms with Gasteiger partial charge >= 0.3 is 17.9 Å². The molecule has 0 amide bonds. The maximum Gasteiger partial charge on any atom is 0.308 e. The number of carbonyl (C=O) groups is 3. The first-order valence-electron chi connectivity index (χ1n) is 9.26. The van der Waals surface area contributed by atoms with Gasteiger partial charge in [0, 0.05) is 18.3 Å². The van der Waals surface area contributed by atoms with E-state index in [1.807, 2.05) is 20.8 Å². The van der Waals surface area contributed by atoms with Crippen LogP contribution in [-0.4, -0.2) is 36.2 Å². The molecule has 0 spiro atoms. The quantitative estimate of drug-likeness (QED) is 0.373. The smallest absolute Gasteiger partial charge is 0.308 e. The van der Waals surface area contributed by atoms with E-state index in [4.69, 9.17) is 14.6 Å². The van der Waals surface area contributed by atoms with Crippen molar-refractivity contribution in [1.82, 2.24) is 0 Å². The predicted molar refractivity (Wildman–Crippen MR) is 95.1 cm³/mol. The molecule has 0 aromatic carbocycles. The number of ether oxygens (including phenoxy) is 2. The molecule has 25 heavy (non-hydrogen) atoms. The maximum atomic E-state index is 12.1. The first kappa shape index (κ1) is 23.4. The molecule has 1 unspecified atom stereocenters. The van der Waals surface area contributed by atoms with Crippen LogP contribution in [-0.2, 0) is 23.9 Å². The summed E-state index contributed by atoms with van der Waals surface area (Å²) in [6.45, 7) is 8.22. The molecule has 0 aliphatic rings. The van der Waals surface area contributed by atoms with E-state index >= 15 is 0 Å². The number of carboxylic acid groups (broad SMARTS) is 1. The summed E-state index contributed by atoms with van der Waals surface area (Å²) in [6.07, 6.45) is 4.90. The van der Waals surface area contributed by atoms with Crippen LogP contribution in [0, 0.1) is 11.3 Å². The van der Waals surface area contributed by atoms with Gasteiger partial charge in [-0.25, -0.2) is 0 Å². The second-order valence-corrected chi connectivity index (χ2v) is 7.28. The highest BCUT2D eigenvalue weighted by Crippen LogP contribution is 2.20. The molecule has 0 aromatic rings. The second kappa shape index (κ2) is 12.7. The number of rotatable bonds is 14. The van der Waals surface area contributed by atoms with E-state index in [0.29, 0.717) is 12.8 Å². The summed E-state index contributed by atoms with van der Waals surface area (Å²) >= 11 is 0. The third kappa shape index (κ3) is 12.4. The average molecular weight is 358 g/mol. The lowest BCUT2D eigenvalue weighted by Gasteiger charge is -2.25. The molecule has 6 heteroatoms. The number of carbonyl (C=O) groups excluding carboxylic acids is 2. The van der Waals surface area contributed by atoms with E-state index in [1.54, 1.807) is 0 Å². The summed E-state index contributed by atoms with van der Waals surface area (Å²) in [5.41, 5.74) is -0.449. The Morgan fingerprint density at radius 3 is 2.12 bits per heavy atom. The van der Waals surface area contributed by atoms with Gasteiger partial charge < -0.3 is 14.6 Å². The van der Waals surface area contributed by atoms with E-state index < -0.39 is 11.4 Å². The Morgan fingerprint density at radius 1 is 0.960 bits per heavy atom. The molecule has 0 bridgehead atoms. The van der Waals surface area contributed by atoms with Gasteiger partial charge in [0.05, 0.1) is 19.1 Å². The van der Waals surface area contributed by atoms with Crippen LogP contribution in [0.25, 0.3) is 0 Å². The monoisotopic (exact) mass is 358 g/mol. The van der Waals surface area contributed by atoms with Crippen molar-refractivity contribution in [3.05, 3.63) is 0 Å². The fourth-order valence-electron chi connectivity index (χ4n) is 2.26. The number of hydrogen-bond acceptors (Lipinski definition) is 5. The highest BCUT2D eigenvalue weighted by molar-refractivity contribution is 5.72. The standard InChI is InChI=1S/C19H34O6/c1-5-7-10-15(6-2)18(23)25-14-19(3,4)13-24-17(22)12-9-8-11-16(20)21/h15H,5-14H2,1-4H3,(H,20,21). The summed E-state index contributed by atoms with van der Waals surface area (Å²) in [4.78, 5) is 34.2. The summed E-state index contributed by atoms with van der Waals surface area (Å²) in [5, 5.41) is 8.54. The summed E-state index contributed by atoms with van der Waals surface area (Å²) < 4.78 is 10.6. The topological polar surface area (TPSA) is 89.9 Å². The Labute approximate surface area is 151 Å². The average Bonchev–Trinajstić information content (AvgIpc) is 2.55. The third-order valence-electron chi connectivity index (χ3n) is 3.98. The van der Waals surface area contributed by atoms with Gasteiger partial charge in [-0.1, -0.05) is 40.5 Å². The molecular formula is C19H34O6. The van der Waals surface area contributed by atoms with Gasteiger partial charge in [-0.15, -0.1) is 0 Å².